The maximum Gasteiger partial charge on any atom is 0.151 e. The van der Waals surface area contributed by atoms with Crippen LogP contribution in [0.5, 0.6) is 0 Å². The number of halogens is 1. The van der Waals surface area contributed by atoms with Crippen LogP contribution in [0.2, 0.25) is 0 Å². The monoisotopic (exact) mass is 332 g/mol. The molecule has 3 N–H and O–H groups in total. The van der Waals surface area contributed by atoms with Gasteiger partial charge >= 0.3 is 0 Å². The summed E-state index contributed by atoms with van der Waals surface area (Å²) in [5.74, 6) is 0.402. The van der Waals surface area contributed by atoms with E-state index in [1.54, 1.807) is 6.20 Å². The van der Waals surface area contributed by atoms with Gasteiger partial charge in [0.25, 0.3) is 0 Å². The fourth-order valence-corrected chi connectivity index (χ4v) is 2.14. The molecule has 104 valence electrons. The van der Waals surface area contributed by atoms with Gasteiger partial charge in [-0.1, -0.05) is 18.2 Å². The number of nitrogens with two attached hydrogens (primary N) is 1. The van der Waals surface area contributed by atoms with E-state index in [4.69, 9.17) is 5.73 Å². The van der Waals surface area contributed by atoms with Crippen LogP contribution in [0.1, 0.15) is 23.7 Å². The van der Waals surface area contributed by atoms with Crippen molar-refractivity contribution in [2.75, 3.05) is 11.1 Å². The van der Waals surface area contributed by atoms with Gasteiger partial charge in [0.1, 0.15) is 10.3 Å². The molecule has 0 aliphatic rings. The molecule has 0 radical (unpaired) electrons. The van der Waals surface area contributed by atoms with Gasteiger partial charge in [0.2, 0.25) is 0 Å². The number of hydrogen-bond donors (Lipinski definition) is 2. The second-order valence-electron chi connectivity index (χ2n) is 4.57. The number of allylic oxidation sites excluding steroid dienone is 1. The molecular weight excluding hydrogens is 316 g/mol. The SMILES string of the molecule is C/C=C(\Nc1cc(C)ccc1C)c1nc(Br)cnc1N. The highest BCUT2D eigenvalue weighted by atomic mass is 79.9. The summed E-state index contributed by atoms with van der Waals surface area (Å²) in [6, 6.07) is 6.27. The predicted molar refractivity (Wildman–Crippen MR) is 87.3 cm³/mol. The van der Waals surface area contributed by atoms with Crippen LogP contribution in [-0.2, 0) is 0 Å². The van der Waals surface area contributed by atoms with Gasteiger partial charge in [-0.05, 0) is 53.9 Å². The number of aromatic nitrogens is 2. The Morgan fingerprint density at radius 1 is 1.35 bits per heavy atom. The minimum absolute atomic E-state index is 0.402. The third-order valence-electron chi connectivity index (χ3n) is 2.98. The summed E-state index contributed by atoms with van der Waals surface area (Å²) in [5, 5.41) is 3.38. The largest absolute Gasteiger partial charge is 0.382 e. The average molecular weight is 333 g/mol. The van der Waals surface area contributed by atoms with E-state index >= 15 is 0 Å². The number of nitrogen functional groups attached to an aromatic ring is 1. The normalized spacial score (nSPS) is 11.5. The van der Waals surface area contributed by atoms with Crippen LogP contribution in [0.15, 0.2) is 35.1 Å². The van der Waals surface area contributed by atoms with Gasteiger partial charge in [0.15, 0.2) is 5.82 Å². The van der Waals surface area contributed by atoms with E-state index < -0.39 is 0 Å². The molecule has 0 fully saturated rings. The Bertz CT molecular complexity index is 665. The summed E-state index contributed by atoms with van der Waals surface area (Å²) < 4.78 is 0.656. The predicted octanol–water partition coefficient (Wildman–Crippen LogP) is 3.91. The Hall–Kier alpha value is -1.88. The van der Waals surface area contributed by atoms with E-state index in [9.17, 15) is 0 Å². The first-order chi connectivity index (χ1) is 9.51. The number of benzene rings is 1. The Morgan fingerprint density at radius 3 is 2.80 bits per heavy atom. The van der Waals surface area contributed by atoms with Crippen LogP contribution in [0, 0.1) is 13.8 Å². The number of rotatable bonds is 3. The van der Waals surface area contributed by atoms with Gasteiger partial charge < -0.3 is 11.1 Å². The van der Waals surface area contributed by atoms with Crippen LogP contribution >= 0.6 is 15.9 Å². The highest BCUT2D eigenvalue weighted by molar-refractivity contribution is 9.10. The Kier molecular flexibility index (Phi) is 4.39. The fourth-order valence-electron chi connectivity index (χ4n) is 1.86. The molecule has 0 atom stereocenters. The maximum absolute atomic E-state index is 5.91. The highest BCUT2D eigenvalue weighted by Crippen LogP contribution is 2.24. The third-order valence-corrected chi connectivity index (χ3v) is 3.36. The van der Waals surface area contributed by atoms with Crippen molar-refractivity contribution in [2.45, 2.75) is 20.8 Å². The lowest BCUT2D eigenvalue weighted by Crippen LogP contribution is -2.07. The van der Waals surface area contributed by atoms with Gasteiger partial charge in [0, 0.05) is 5.69 Å². The molecule has 1 aromatic heterocycles. The molecule has 0 aliphatic carbocycles. The van der Waals surface area contributed by atoms with Crippen LogP contribution in [0.3, 0.4) is 0 Å². The second-order valence-corrected chi connectivity index (χ2v) is 5.38. The molecule has 5 heteroatoms. The quantitative estimate of drug-likeness (QED) is 0.894. The molecule has 0 bridgehead atoms. The molecule has 0 spiro atoms. The molecule has 4 nitrogen and oxygen atoms in total. The van der Waals surface area contributed by atoms with E-state index in [2.05, 4.69) is 63.3 Å². The lowest BCUT2D eigenvalue weighted by Gasteiger charge is -2.14. The number of anilines is 2. The van der Waals surface area contributed by atoms with Crippen LogP contribution in [-0.4, -0.2) is 9.97 Å². The first kappa shape index (κ1) is 14.5. The summed E-state index contributed by atoms with van der Waals surface area (Å²) in [5.41, 5.74) is 10.8. The molecule has 0 amide bonds. The van der Waals surface area contributed by atoms with Crippen molar-refractivity contribution in [2.24, 2.45) is 0 Å². The van der Waals surface area contributed by atoms with Crippen molar-refractivity contribution in [1.29, 1.82) is 0 Å². The van der Waals surface area contributed by atoms with Gasteiger partial charge in [-0.3, -0.25) is 0 Å². The van der Waals surface area contributed by atoms with Crippen molar-refractivity contribution < 1.29 is 0 Å². The van der Waals surface area contributed by atoms with Gasteiger partial charge in [-0.25, -0.2) is 9.97 Å². The molecule has 0 unspecified atom stereocenters. The van der Waals surface area contributed by atoms with Gasteiger partial charge in [0.05, 0.1) is 11.9 Å². The molecule has 0 saturated carbocycles. The van der Waals surface area contributed by atoms with Crippen molar-refractivity contribution in [3.05, 3.63) is 51.9 Å². The third kappa shape index (κ3) is 3.17. The van der Waals surface area contributed by atoms with E-state index in [0.29, 0.717) is 16.1 Å². The minimum Gasteiger partial charge on any atom is -0.382 e. The number of nitrogens with one attached hydrogen (secondary N) is 1. The van der Waals surface area contributed by atoms with Crippen LogP contribution < -0.4 is 11.1 Å². The van der Waals surface area contributed by atoms with Crippen molar-refractivity contribution in [3.8, 4) is 0 Å². The zero-order valence-electron chi connectivity index (χ0n) is 11.7. The zero-order chi connectivity index (χ0) is 14.7. The molecule has 0 saturated heterocycles. The van der Waals surface area contributed by atoms with E-state index in [0.717, 1.165) is 16.9 Å². The first-order valence-electron chi connectivity index (χ1n) is 6.30. The molecule has 2 aromatic rings. The van der Waals surface area contributed by atoms with Gasteiger partial charge in [-0.15, -0.1) is 0 Å². The topological polar surface area (TPSA) is 63.8 Å². The molecular formula is C15H17BrN4. The summed E-state index contributed by atoms with van der Waals surface area (Å²) in [6.07, 6.45) is 3.53. The smallest absolute Gasteiger partial charge is 0.151 e. The second kappa shape index (κ2) is 6.05. The molecule has 0 aliphatic heterocycles. The van der Waals surface area contributed by atoms with Crippen LogP contribution in [0.25, 0.3) is 5.70 Å². The summed E-state index contributed by atoms with van der Waals surface area (Å²) in [7, 11) is 0. The van der Waals surface area contributed by atoms with E-state index in [1.165, 1.54) is 5.56 Å². The van der Waals surface area contributed by atoms with E-state index in [1.807, 2.05) is 13.0 Å². The lowest BCUT2D eigenvalue weighted by molar-refractivity contribution is 1.14. The Morgan fingerprint density at radius 2 is 2.10 bits per heavy atom. The number of hydrogen-bond acceptors (Lipinski definition) is 4. The highest BCUT2D eigenvalue weighted by Gasteiger charge is 2.10. The number of nitrogens with zero attached hydrogens (tertiary/aromatic N) is 2. The fraction of sp³-hybridized carbons (Fsp3) is 0.200. The van der Waals surface area contributed by atoms with Gasteiger partial charge in [-0.2, -0.15) is 0 Å². The molecule has 20 heavy (non-hydrogen) atoms. The first-order valence-corrected chi connectivity index (χ1v) is 7.09. The number of aryl methyl sites for hydroxylation is 2. The maximum atomic E-state index is 5.91. The van der Waals surface area contributed by atoms with Crippen molar-refractivity contribution in [1.82, 2.24) is 9.97 Å². The van der Waals surface area contributed by atoms with Crippen molar-refractivity contribution in [3.63, 3.8) is 0 Å². The van der Waals surface area contributed by atoms with Crippen molar-refractivity contribution >= 4 is 33.1 Å². The summed E-state index contributed by atoms with van der Waals surface area (Å²) >= 11 is 3.32. The summed E-state index contributed by atoms with van der Waals surface area (Å²) in [4.78, 5) is 8.51. The minimum atomic E-state index is 0.402. The average Bonchev–Trinajstić information content (AvgIpc) is 2.42. The molecule has 1 heterocycles. The molecule has 1 aromatic carbocycles. The summed E-state index contributed by atoms with van der Waals surface area (Å²) in [6.45, 7) is 6.06. The Labute approximate surface area is 127 Å². The van der Waals surface area contributed by atoms with E-state index in [-0.39, 0.29) is 0 Å². The molecule has 2 rings (SSSR count). The Balaban J connectivity index is 2.39. The lowest BCUT2D eigenvalue weighted by atomic mass is 10.1. The zero-order valence-corrected chi connectivity index (χ0v) is 13.3. The standard InChI is InChI=1S/C15H17BrN4/c1-4-11(14-15(17)18-8-13(16)20-14)19-12-7-9(2)5-6-10(12)3/h4-8,19H,1-3H3,(H2,17,18)/b11-4-. The van der Waals surface area contributed by atoms with Crippen LogP contribution in [0.4, 0.5) is 11.5 Å².